The standard InChI is InChI=1S/C6H12O2S2/c1-3-5(4-10-9)6(7)8-2/h5,9H,3-4H2,1-2H3. The SMILES string of the molecule is CCC(CSS)C(=O)OC. The molecule has 1 atom stereocenters. The molecule has 0 aliphatic rings. The molecule has 0 bridgehead atoms. The van der Waals surface area contributed by atoms with Crippen LogP contribution >= 0.6 is 22.5 Å². The minimum atomic E-state index is -0.135. The number of ether oxygens (including phenoxy) is 1. The molecule has 0 rings (SSSR count). The summed E-state index contributed by atoms with van der Waals surface area (Å²) in [4.78, 5) is 10.9. The van der Waals surface area contributed by atoms with Crippen molar-refractivity contribution in [3.8, 4) is 0 Å². The predicted molar refractivity (Wildman–Crippen MR) is 47.2 cm³/mol. The van der Waals surface area contributed by atoms with Crippen LogP contribution in [0.15, 0.2) is 0 Å². The highest BCUT2D eigenvalue weighted by molar-refractivity contribution is 8.68. The molecule has 0 N–H and O–H groups in total. The number of esters is 1. The molecule has 0 aromatic rings. The molecule has 60 valence electrons. The average molecular weight is 180 g/mol. The molecule has 0 aliphatic carbocycles. The number of thiol groups is 1. The molecule has 0 fully saturated rings. The van der Waals surface area contributed by atoms with E-state index in [0.717, 1.165) is 12.2 Å². The monoisotopic (exact) mass is 180 g/mol. The zero-order valence-electron chi connectivity index (χ0n) is 6.16. The normalized spacial score (nSPS) is 12.7. The van der Waals surface area contributed by atoms with Gasteiger partial charge in [-0.05, 0) is 6.42 Å². The lowest BCUT2D eigenvalue weighted by Gasteiger charge is -2.08. The fourth-order valence-electron chi connectivity index (χ4n) is 0.609. The van der Waals surface area contributed by atoms with Gasteiger partial charge in [0, 0.05) is 5.75 Å². The quantitative estimate of drug-likeness (QED) is 0.405. The maximum Gasteiger partial charge on any atom is 0.309 e. The Labute approximate surface area is 70.5 Å². The Morgan fingerprint density at radius 2 is 2.40 bits per heavy atom. The first-order chi connectivity index (χ1) is 4.76. The van der Waals surface area contributed by atoms with E-state index in [-0.39, 0.29) is 11.9 Å². The van der Waals surface area contributed by atoms with Crippen molar-refractivity contribution in [1.29, 1.82) is 0 Å². The molecular weight excluding hydrogens is 168 g/mol. The Morgan fingerprint density at radius 1 is 1.80 bits per heavy atom. The van der Waals surface area contributed by atoms with E-state index in [2.05, 4.69) is 16.4 Å². The molecule has 1 unspecified atom stereocenters. The van der Waals surface area contributed by atoms with E-state index in [1.807, 2.05) is 6.92 Å². The van der Waals surface area contributed by atoms with Crippen LogP contribution < -0.4 is 0 Å². The summed E-state index contributed by atoms with van der Waals surface area (Å²) in [5, 5.41) is 0. The molecule has 0 saturated carbocycles. The minimum Gasteiger partial charge on any atom is -0.469 e. The van der Waals surface area contributed by atoms with E-state index >= 15 is 0 Å². The van der Waals surface area contributed by atoms with Crippen molar-refractivity contribution in [2.75, 3.05) is 12.9 Å². The number of carbonyl (C=O) groups excluding carboxylic acids is 1. The number of hydrogen-bond acceptors (Lipinski definition) is 4. The van der Waals surface area contributed by atoms with E-state index < -0.39 is 0 Å². The number of rotatable bonds is 4. The third-order valence-corrected chi connectivity index (χ3v) is 2.30. The van der Waals surface area contributed by atoms with Crippen LogP contribution in [-0.2, 0) is 9.53 Å². The third-order valence-electron chi connectivity index (χ3n) is 1.30. The first-order valence-electron chi connectivity index (χ1n) is 3.10. The Balaban J connectivity index is 3.68. The second kappa shape index (κ2) is 5.92. The largest absolute Gasteiger partial charge is 0.469 e. The molecule has 0 amide bonds. The molecule has 10 heavy (non-hydrogen) atoms. The summed E-state index contributed by atoms with van der Waals surface area (Å²) in [5.74, 6) is 0.600. The Bertz CT molecular complexity index is 106. The summed E-state index contributed by atoms with van der Waals surface area (Å²) in [6, 6.07) is 0. The first kappa shape index (κ1) is 10.2. The molecule has 0 heterocycles. The molecule has 0 spiro atoms. The summed E-state index contributed by atoms with van der Waals surface area (Å²) in [5.41, 5.74) is 0. The smallest absolute Gasteiger partial charge is 0.309 e. The van der Waals surface area contributed by atoms with E-state index in [1.165, 1.54) is 17.9 Å². The van der Waals surface area contributed by atoms with Crippen LogP contribution in [0, 0.1) is 5.92 Å². The van der Waals surface area contributed by atoms with Crippen LogP contribution in [0.4, 0.5) is 0 Å². The molecule has 0 aromatic heterocycles. The number of hydrogen-bond donors (Lipinski definition) is 1. The molecular formula is C6H12O2S2. The average Bonchev–Trinajstić information content (AvgIpc) is 1.99. The fraction of sp³-hybridized carbons (Fsp3) is 0.833. The highest BCUT2D eigenvalue weighted by Crippen LogP contribution is 2.15. The highest BCUT2D eigenvalue weighted by atomic mass is 33.1. The molecule has 2 nitrogen and oxygen atoms in total. The van der Waals surface area contributed by atoms with Crippen LogP contribution in [0.25, 0.3) is 0 Å². The van der Waals surface area contributed by atoms with Crippen molar-refractivity contribution < 1.29 is 9.53 Å². The molecule has 4 heteroatoms. The van der Waals surface area contributed by atoms with Crippen LogP contribution in [0.2, 0.25) is 0 Å². The summed E-state index contributed by atoms with van der Waals surface area (Å²) in [7, 11) is 2.78. The van der Waals surface area contributed by atoms with E-state index in [1.54, 1.807) is 0 Å². The molecule has 0 aromatic carbocycles. The van der Waals surface area contributed by atoms with Gasteiger partial charge >= 0.3 is 5.97 Å². The van der Waals surface area contributed by atoms with Gasteiger partial charge in [-0.1, -0.05) is 17.7 Å². The maximum atomic E-state index is 10.9. The van der Waals surface area contributed by atoms with Gasteiger partial charge in [0.15, 0.2) is 0 Å². The first-order valence-corrected chi connectivity index (χ1v) is 5.14. The van der Waals surface area contributed by atoms with Crippen LogP contribution in [0.5, 0.6) is 0 Å². The summed E-state index contributed by atoms with van der Waals surface area (Å²) in [6.45, 7) is 1.96. The van der Waals surface area contributed by atoms with Gasteiger partial charge in [-0.2, -0.15) is 0 Å². The van der Waals surface area contributed by atoms with Crippen LogP contribution in [0.3, 0.4) is 0 Å². The minimum absolute atomic E-state index is 0.00694. The van der Waals surface area contributed by atoms with Crippen molar-refractivity contribution in [2.24, 2.45) is 5.92 Å². The van der Waals surface area contributed by atoms with Gasteiger partial charge in [0.1, 0.15) is 0 Å². The van der Waals surface area contributed by atoms with Gasteiger partial charge in [-0.15, -0.1) is 11.7 Å². The number of methoxy groups -OCH3 is 1. The maximum absolute atomic E-state index is 10.9. The Kier molecular flexibility index (Phi) is 6.02. The number of carbonyl (C=O) groups is 1. The lowest BCUT2D eigenvalue weighted by atomic mass is 10.1. The summed E-state index contributed by atoms with van der Waals surface area (Å²) >= 11 is 3.96. The van der Waals surface area contributed by atoms with Crippen molar-refractivity contribution in [3.05, 3.63) is 0 Å². The van der Waals surface area contributed by atoms with Crippen molar-refractivity contribution in [1.82, 2.24) is 0 Å². The Morgan fingerprint density at radius 3 is 2.70 bits per heavy atom. The van der Waals surface area contributed by atoms with Gasteiger partial charge in [-0.25, -0.2) is 0 Å². The summed E-state index contributed by atoms with van der Waals surface area (Å²) in [6.07, 6.45) is 0.820. The topological polar surface area (TPSA) is 26.3 Å². The highest BCUT2D eigenvalue weighted by Gasteiger charge is 2.15. The third kappa shape index (κ3) is 3.37. The van der Waals surface area contributed by atoms with Crippen LogP contribution in [-0.4, -0.2) is 18.8 Å². The zero-order valence-corrected chi connectivity index (χ0v) is 7.87. The Hall–Kier alpha value is 0.170. The van der Waals surface area contributed by atoms with Gasteiger partial charge < -0.3 is 4.74 Å². The van der Waals surface area contributed by atoms with Crippen LogP contribution in [0.1, 0.15) is 13.3 Å². The van der Waals surface area contributed by atoms with E-state index in [0.29, 0.717) is 0 Å². The van der Waals surface area contributed by atoms with Gasteiger partial charge in [-0.3, -0.25) is 4.79 Å². The van der Waals surface area contributed by atoms with E-state index in [9.17, 15) is 4.79 Å². The fourth-order valence-corrected chi connectivity index (χ4v) is 1.70. The molecule has 0 radical (unpaired) electrons. The molecule has 0 saturated heterocycles. The zero-order chi connectivity index (χ0) is 7.98. The lowest BCUT2D eigenvalue weighted by molar-refractivity contribution is -0.144. The second-order valence-corrected chi connectivity index (χ2v) is 3.29. The van der Waals surface area contributed by atoms with Gasteiger partial charge in [0.2, 0.25) is 0 Å². The second-order valence-electron chi connectivity index (χ2n) is 1.92. The van der Waals surface area contributed by atoms with Gasteiger partial charge in [0.05, 0.1) is 13.0 Å². The van der Waals surface area contributed by atoms with Gasteiger partial charge in [0.25, 0.3) is 0 Å². The van der Waals surface area contributed by atoms with Crippen molar-refractivity contribution in [3.63, 3.8) is 0 Å². The van der Waals surface area contributed by atoms with Crippen molar-refractivity contribution in [2.45, 2.75) is 13.3 Å². The van der Waals surface area contributed by atoms with Crippen molar-refractivity contribution >= 4 is 28.4 Å². The molecule has 0 aliphatic heterocycles. The van der Waals surface area contributed by atoms with E-state index in [4.69, 9.17) is 0 Å². The lowest BCUT2D eigenvalue weighted by Crippen LogP contribution is -2.16. The predicted octanol–water partition coefficient (Wildman–Crippen LogP) is 1.76. The summed E-state index contributed by atoms with van der Waals surface area (Å²) < 4.78 is 4.57.